The summed E-state index contributed by atoms with van der Waals surface area (Å²) in [5.74, 6) is -0.285. The smallest absolute Gasteiger partial charge is 0.324 e. The molecule has 0 aliphatic carbocycles. The van der Waals surface area contributed by atoms with Gasteiger partial charge in [-0.1, -0.05) is 33.6 Å². The van der Waals surface area contributed by atoms with Crippen molar-refractivity contribution in [2.75, 3.05) is 11.9 Å². The van der Waals surface area contributed by atoms with Crippen molar-refractivity contribution in [3.05, 3.63) is 29.3 Å². The van der Waals surface area contributed by atoms with Gasteiger partial charge in [-0.15, -0.1) is 0 Å². The molecule has 25 heavy (non-hydrogen) atoms. The van der Waals surface area contributed by atoms with E-state index in [0.29, 0.717) is 17.9 Å². The molecule has 140 valence electrons. The lowest BCUT2D eigenvalue weighted by molar-refractivity contribution is -0.161. The summed E-state index contributed by atoms with van der Waals surface area (Å²) in [5, 5.41) is 1.06. The van der Waals surface area contributed by atoms with E-state index in [9.17, 15) is 13.2 Å². The van der Waals surface area contributed by atoms with E-state index < -0.39 is 27.6 Å². The molecule has 2 atom stereocenters. The minimum atomic E-state index is -3.83. The average molecular weight is 453 g/mol. The van der Waals surface area contributed by atoms with Crippen molar-refractivity contribution in [2.24, 2.45) is 5.92 Å². The van der Waals surface area contributed by atoms with E-state index >= 15 is 0 Å². The molecule has 1 aromatic rings. The Kier molecular flexibility index (Phi) is 6.57. The zero-order valence-corrected chi connectivity index (χ0v) is 17.7. The number of carbonyl (C=O) groups is 1. The van der Waals surface area contributed by atoms with Crippen molar-refractivity contribution in [1.82, 2.24) is 4.31 Å². The maximum absolute atomic E-state index is 13.1. The van der Waals surface area contributed by atoms with Gasteiger partial charge in [0.05, 0.1) is 4.90 Å². The van der Waals surface area contributed by atoms with E-state index in [4.69, 9.17) is 16.3 Å². The summed E-state index contributed by atoms with van der Waals surface area (Å²) in [6.07, 6.45) is 1.12. The SMILES string of the molecule is CC(C)(C)OC(=O)C1CC(CBr)CCN1S(=O)(=O)c1cccc(Cl)c1. The van der Waals surface area contributed by atoms with Crippen LogP contribution >= 0.6 is 27.5 Å². The summed E-state index contributed by atoms with van der Waals surface area (Å²) in [5.41, 5.74) is -0.677. The molecule has 1 aromatic carbocycles. The van der Waals surface area contributed by atoms with Gasteiger partial charge in [-0.25, -0.2) is 8.42 Å². The highest BCUT2D eigenvalue weighted by Crippen LogP contribution is 2.31. The van der Waals surface area contributed by atoms with Crippen molar-refractivity contribution in [3.63, 3.8) is 0 Å². The average Bonchev–Trinajstić information content (AvgIpc) is 2.52. The first-order valence-corrected chi connectivity index (χ1v) is 11.0. The molecule has 0 spiro atoms. The molecule has 2 unspecified atom stereocenters. The van der Waals surface area contributed by atoms with Crippen molar-refractivity contribution in [1.29, 1.82) is 0 Å². The van der Waals surface area contributed by atoms with Gasteiger partial charge >= 0.3 is 5.97 Å². The molecule has 2 rings (SSSR count). The Morgan fingerprint density at radius 3 is 2.64 bits per heavy atom. The molecule has 0 radical (unpaired) electrons. The van der Waals surface area contributed by atoms with Gasteiger partial charge in [-0.05, 0) is 57.7 Å². The molecule has 5 nitrogen and oxygen atoms in total. The Morgan fingerprint density at radius 2 is 2.08 bits per heavy atom. The van der Waals surface area contributed by atoms with Gasteiger partial charge in [0, 0.05) is 16.9 Å². The molecule has 8 heteroatoms. The van der Waals surface area contributed by atoms with Gasteiger partial charge in [-0.3, -0.25) is 4.79 Å². The molecule has 1 heterocycles. The number of hydrogen-bond acceptors (Lipinski definition) is 4. The highest BCUT2D eigenvalue weighted by Gasteiger charge is 2.42. The number of alkyl halides is 1. The minimum absolute atomic E-state index is 0.0888. The third-order valence-electron chi connectivity index (χ3n) is 3.96. The number of nitrogens with zero attached hydrogens (tertiary/aromatic N) is 1. The Labute approximate surface area is 162 Å². The lowest BCUT2D eigenvalue weighted by Crippen LogP contribution is -2.51. The normalized spacial score (nSPS) is 22.6. The van der Waals surface area contributed by atoms with Crippen LogP contribution in [0.3, 0.4) is 0 Å². The number of piperidine rings is 1. The predicted octanol–water partition coefficient (Wildman–Crippen LogP) is 3.85. The van der Waals surface area contributed by atoms with Gasteiger partial charge in [0.15, 0.2) is 0 Å². The van der Waals surface area contributed by atoms with E-state index in [1.165, 1.54) is 16.4 Å². The first kappa shape index (κ1) is 20.7. The molecule has 0 aromatic heterocycles. The fraction of sp³-hybridized carbons (Fsp3) is 0.588. The Morgan fingerprint density at radius 1 is 1.40 bits per heavy atom. The Bertz CT molecular complexity index is 732. The summed E-state index contributed by atoms with van der Waals surface area (Å²) >= 11 is 9.38. The Hall–Kier alpha value is -0.630. The second-order valence-corrected chi connectivity index (χ2v) is 10.1. The molecule has 1 aliphatic heterocycles. The maximum Gasteiger partial charge on any atom is 0.324 e. The molecule has 0 N–H and O–H groups in total. The number of esters is 1. The van der Waals surface area contributed by atoms with E-state index in [1.54, 1.807) is 32.9 Å². The molecular weight excluding hydrogens is 430 g/mol. The number of sulfonamides is 1. The van der Waals surface area contributed by atoms with Crippen LogP contribution in [0.1, 0.15) is 33.6 Å². The van der Waals surface area contributed by atoms with Crippen LogP contribution in [0.5, 0.6) is 0 Å². The number of rotatable bonds is 4. The van der Waals surface area contributed by atoms with Crippen molar-refractivity contribution < 1.29 is 17.9 Å². The van der Waals surface area contributed by atoms with E-state index in [1.807, 2.05) is 0 Å². The highest BCUT2D eigenvalue weighted by atomic mass is 79.9. The molecule has 0 amide bonds. The summed E-state index contributed by atoms with van der Waals surface area (Å²) in [4.78, 5) is 12.7. The number of halogens is 2. The monoisotopic (exact) mass is 451 g/mol. The van der Waals surface area contributed by atoms with Crippen molar-refractivity contribution in [3.8, 4) is 0 Å². The second kappa shape index (κ2) is 7.94. The van der Waals surface area contributed by atoms with E-state index in [2.05, 4.69) is 15.9 Å². The molecule has 1 saturated heterocycles. The van der Waals surface area contributed by atoms with Crippen LogP contribution in [0.15, 0.2) is 29.2 Å². The van der Waals surface area contributed by atoms with Crippen LogP contribution in [0, 0.1) is 5.92 Å². The Balaban J connectivity index is 2.36. The third kappa shape index (κ3) is 5.18. The highest BCUT2D eigenvalue weighted by molar-refractivity contribution is 9.09. The molecule has 0 bridgehead atoms. The summed E-state index contributed by atoms with van der Waals surface area (Å²) < 4.78 is 32.8. The molecule has 1 aliphatic rings. The number of carbonyl (C=O) groups excluding carboxylic acids is 1. The predicted molar refractivity (Wildman–Crippen MR) is 101 cm³/mol. The standard InChI is InChI=1S/C17H23BrClNO4S/c1-17(2,3)24-16(21)15-9-12(11-18)7-8-20(15)25(22,23)14-6-4-5-13(19)10-14/h4-6,10,12,15H,7-9,11H2,1-3H3. The van der Waals surface area contributed by atoms with Gasteiger partial charge in [0.2, 0.25) is 10.0 Å². The van der Waals surface area contributed by atoms with Crippen LogP contribution in [0.4, 0.5) is 0 Å². The van der Waals surface area contributed by atoms with Crippen LogP contribution in [-0.4, -0.2) is 42.2 Å². The maximum atomic E-state index is 13.1. The van der Waals surface area contributed by atoms with Crippen LogP contribution in [0.25, 0.3) is 0 Å². The molecule has 0 saturated carbocycles. The van der Waals surface area contributed by atoms with Crippen LogP contribution < -0.4 is 0 Å². The topological polar surface area (TPSA) is 63.7 Å². The van der Waals surface area contributed by atoms with Gasteiger partial charge < -0.3 is 4.74 Å². The molecule has 1 fully saturated rings. The van der Waals surface area contributed by atoms with Gasteiger partial charge in [-0.2, -0.15) is 4.31 Å². The van der Waals surface area contributed by atoms with Crippen molar-refractivity contribution in [2.45, 2.75) is 50.2 Å². The number of hydrogen-bond donors (Lipinski definition) is 0. The lowest BCUT2D eigenvalue weighted by atomic mass is 9.94. The summed E-state index contributed by atoms with van der Waals surface area (Å²) in [7, 11) is -3.83. The lowest BCUT2D eigenvalue weighted by Gasteiger charge is -2.37. The quantitative estimate of drug-likeness (QED) is 0.514. The van der Waals surface area contributed by atoms with Crippen LogP contribution in [0.2, 0.25) is 5.02 Å². The fourth-order valence-electron chi connectivity index (χ4n) is 2.79. The fourth-order valence-corrected chi connectivity index (χ4v) is 5.28. The first-order chi connectivity index (χ1) is 11.5. The molecular formula is C17H23BrClNO4S. The van der Waals surface area contributed by atoms with Crippen molar-refractivity contribution >= 4 is 43.5 Å². The minimum Gasteiger partial charge on any atom is -0.459 e. The van der Waals surface area contributed by atoms with Crippen LogP contribution in [-0.2, 0) is 19.6 Å². The summed E-state index contributed by atoms with van der Waals surface area (Å²) in [6.45, 7) is 5.58. The third-order valence-corrected chi connectivity index (χ3v) is 7.02. The summed E-state index contributed by atoms with van der Waals surface area (Å²) in [6, 6.07) is 5.26. The van der Waals surface area contributed by atoms with E-state index in [0.717, 1.165) is 5.33 Å². The zero-order chi connectivity index (χ0) is 18.8. The number of benzene rings is 1. The largest absolute Gasteiger partial charge is 0.459 e. The zero-order valence-electron chi connectivity index (χ0n) is 14.5. The first-order valence-electron chi connectivity index (χ1n) is 8.11. The number of ether oxygens (including phenoxy) is 1. The van der Waals surface area contributed by atoms with Gasteiger partial charge in [0.25, 0.3) is 0 Å². The van der Waals surface area contributed by atoms with Gasteiger partial charge in [0.1, 0.15) is 11.6 Å². The second-order valence-electron chi connectivity index (χ2n) is 7.17. The van der Waals surface area contributed by atoms with E-state index in [-0.39, 0.29) is 17.4 Å².